The maximum Gasteiger partial charge on any atom is 0.220 e. The topological polar surface area (TPSA) is 32.3 Å². The largest absolute Gasteiger partial charge is 0.345 e. The summed E-state index contributed by atoms with van der Waals surface area (Å²) in [6, 6.07) is 0. The molecule has 0 aromatic rings. The molecule has 0 radical (unpaired) electrons. The van der Waals surface area contributed by atoms with Crippen molar-refractivity contribution in [3.05, 3.63) is 0 Å². The minimum absolute atomic E-state index is 0.162. The molecule has 0 aliphatic carbocycles. The van der Waals surface area contributed by atoms with Gasteiger partial charge in [-0.3, -0.25) is 9.69 Å². The summed E-state index contributed by atoms with van der Waals surface area (Å²) in [4.78, 5) is 14.2. The van der Waals surface area contributed by atoms with Crippen LogP contribution in [0.1, 0.15) is 122 Å². The Labute approximate surface area is 181 Å². The average molecular weight is 405 g/mol. The molecule has 0 aromatic carbocycles. The highest BCUT2D eigenvalue weighted by Gasteiger charge is 2.08. The zero-order valence-corrected chi connectivity index (χ0v) is 19.4. The fourth-order valence-corrected chi connectivity index (χ4v) is 4.06. The lowest BCUT2D eigenvalue weighted by Crippen LogP contribution is -2.23. The molecule has 1 heterocycles. The molecule has 0 bridgehead atoms. The van der Waals surface area contributed by atoms with Crippen LogP contribution in [0.2, 0.25) is 0 Å². The van der Waals surface area contributed by atoms with Crippen LogP contribution >= 0.6 is 0 Å². The summed E-state index contributed by atoms with van der Waals surface area (Å²) < 4.78 is 0. The third-order valence-electron chi connectivity index (χ3n) is 6.01. The van der Waals surface area contributed by atoms with Crippen LogP contribution in [0.3, 0.4) is 0 Å². The van der Waals surface area contributed by atoms with Gasteiger partial charge in [0.1, 0.15) is 0 Å². The molecule has 0 spiro atoms. The summed E-state index contributed by atoms with van der Waals surface area (Å²) in [5.41, 5.74) is 0. The van der Waals surface area contributed by atoms with E-state index in [1.165, 1.54) is 116 Å². The maximum atomic E-state index is 11.8. The number of nitrogens with one attached hydrogen (secondary N) is 1. The molecule has 1 fully saturated rings. The van der Waals surface area contributed by atoms with Gasteiger partial charge in [0.2, 0.25) is 5.91 Å². The van der Waals surface area contributed by atoms with Crippen molar-refractivity contribution in [2.45, 2.75) is 122 Å². The summed E-state index contributed by atoms with van der Waals surface area (Å²) in [6.45, 7) is 6.01. The normalized spacial score (nSPS) is 14.0. The molecule has 29 heavy (non-hydrogen) atoms. The number of likely N-dealkylation sites (tertiary alicyclic amines) is 1. The van der Waals surface area contributed by atoms with Crippen molar-refractivity contribution in [2.75, 3.05) is 26.2 Å². The predicted octanol–water partition coefficient (Wildman–Crippen LogP) is 6.46. The highest BCUT2D eigenvalue weighted by atomic mass is 16.1. The van der Waals surface area contributed by atoms with E-state index in [0.717, 1.165) is 13.0 Å². The van der Waals surface area contributed by atoms with E-state index in [4.69, 9.17) is 0 Å². The molecule has 3 heteroatoms. The molecule has 0 atom stereocenters. The fraction of sp³-hybridized carbons (Fsp3) is 0.885. The van der Waals surface area contributed by atoms with E-state index < -0.39 is 0 Å². The first kappa shape index (κ1) is 26.0. The first-order valence-electron chi connectivity index (χ1n) is 12.8. The Morgan fingerprint density at radius 2 is 1.21 bits per heavy atom. The van der Waals surface area contributed by atoms with Crippen LogP contribution < -0.4 is 5.32 Å². The highest BCUT2D eigenvalue weighted by molar-refractivity contribution is 5.76. The van der Waals surface area contributed by atoms with Crippen molar-refractivity contribution in [1.82, 2.24) is 10.2 Å². The fourth-order valence-electron chi connectivity index (χ4n) is 4.06. The third-order valence-corrected chi connectivity index (χ3v) is 6.01. The van der Waals surface area contributed by atoms with Crippen molar-refractivity contribution < 1.29 is 4.79 Å². The van der Waals surface area contributed by atoms with Gasteiger partial charge in [0.05, 0.1) is 13.1 Å². The van der Waals surface area contributed by atoms with E-state index in [0.29, 0.717) is 13.0 Å². The predicted molar refractivity (Wildman–Crippen MR) is 126 cm³/mol. The van der Waals surface area contributed by atoms with Crippen molar-refractivity contribution in [2.24, 2.45) is 0 Å². The Balaban J connectivity index is 1.74. The molecule has 0 aromatic heterocycles. The molecular formula is C26H48N2O. The molecule has 1 aliphatic rings. The Morgan fingerprint density at radius 1 is 0.724 bits per heavy atom. The lowest BCUT2D eigenvalue weighted by atomic mass is 10.0. The number of nitrogens with zero attached hydrogens (tertiary/aromatic N) is 1. The monoisotopic (exact) mass is 404 g/mol. The van der Waals surface area contributed by atoms with Gasteiger partial charge in [-0.1, -0.05) is 109 Å². The van der Waals surface area contributed by atoms with Gasteiger partial charge < -0.3 is 5.32 Å². The highest BCUT2D eigenvalue weighted by Crippen LogP contribution is 2.13. The van der Waals surface area contributed by atoms with Gasteiger partial charge >= 0.3 is 0 Å². The number of hydrogen-bond donors (Lipinski definition) is 1. The van der Waals surface area contributed by atoms with E-state index >= 15 is 0 Å². The number of rotatable bonds is 18. The second kappa shape index (κ2) is 20.3. The minimum Gasteiger partial charge on any atom is -0.345 e. The second-order valence-electron chi connectivity index (χ2n) is 8.81. The third kappa shape index (κ3) is 17.6. The minimum atomic E-state index is 0.162. The second-order valence-corrected chi connectivity index (χ2v) is 8.81. The van der Waals surface area contributed by atoms with Crippen molar-refractivity contribution in [3.63, 3.8) is 0 Å². The van der Waals surface area contributed by atoms with Crippen LogP contribution in [-0.2, 0) is 4.79 Å². The van der Waals surface area contributed by atoms with Gasteiger partial charge in [-0.05, 0) is 32.4 Å². The van der Waals surface area contributed by atoms with Gasteiger partial charge in [-0.25, -0.2) is 0 Å². The Kier molecular flexibility index (Phi) is 18.2. The van der Waals surface area contributed by atoms with Crippen LogP contribution in [0.4, 0.5) is 0 Å². The molecule has 0 unspecified atom stereocenters. The molecule has 1 amide bonds. The van der Waals surface area contributed by atoms with Gasteiger partial charge in [0.25, 0.3) is 0 Å². The maximum absolute atomic E-state index is 11.8. The van der Waals surface area contributed by atoms with Gasteiger partial charge in [-0.15, -0.1) is 0 Å². The Bertz CT molecular complexity index is 432. The zero-order valence-electron chi connectivity index (χ0n) is 19.4. The first-order valence-corrected chi connectivity index (χ1v) is 12.8. The van der Waals surface area contributed by atoms with E-state index in [-0.39, 0.29) is 5.91 Å². The molecule has 168 valence electrons. The summed E-state index contributed by atoms with van der Waals surface area (Å²) in [5, 5.41) is 2.93. The quantitative estimate of drug-likeness (QED) is 0.210. The van der Waals surface area contributed by atoms with Crippen LogP contribution in [0.15, 0.2) is 0 Å². The van der Waals surface area contributed by atoms with Crippen molar-refractivity contribution in [1.29, 1.82) is 0 Å². The lowest BCUT2D eigenvalue weighted by Gasteiger charge is -2.08. The van der Waals surface area contributed by atoms with Crippen LogP contribution in [-0.4, -0.2) is 37.0 Å². The van der Waals surface area contributed by atoms with Crippen molar-refractivity contribution >= 4 is 5.91 Å². The average Bonchev–Trinajstić information content (AvgIpc) is 3.24. The number of unbranched alkanes of at least 4 members (excludes halogenated alkanes) is 14. The van der Waals surface area contributed by atoms with Crippen molar-refractivity contribution in [3.8, 4) is 11.8 Å². The van der Waals surface area contributed by atoms with E-state index in [1.807, 2.05) is 0 Å². The summed E-state index contributed by atoms with van der Waals surface area (Å²) >= 11 is 0. The molecule has 1 aliphatic heterocycles. The van der Waals surface area contributed by atoms with E-state index in [1.54, 1.807) is 0 Å². The smallest absolute Gasteiger partial charge is 0.220 e. The molecule has 1 N–H and O–H groups in total. The number of amides is 1. The lowest BCUT2D eigenvalue weighted by molar-refractivity contribution is -0.120. The molecular weight excluding hydrogens is 356 g/mol. The summed E-state index contributed by atoms with van der Waals surface area (Å²) in [6.07, 6.45) is 23.6. The number of carbonyl (C=O) groups excluding carboxylic acids is 1. The van der Waals surface area contributed by atoms with Gasteiger partial charge in [0, 0.05) is 6.42 Å². The number of hydrogen-bond acceptors (Lipinski definition) is 2. The Hall–Kier alpha value is -1.01. The Morgan fingerprint density at radius 3 is 1.72 bits per heavy atom. The first-order chi connectivity index (χ1) is 14.3. The molecule has 1 saturated heterocycles. The summed E-state index contributed by atoms with van der Waals surface area (Å²) in [5.74, 6) is 6.40. The number of carbonyl (C=O) groups is 1. The zero-order chi connectivity index (χ0) is 20.8. The van der Waals surface area contributed by atoms with Gasteiger partial charge in [-0.2, -0.15) is 0 Å². The van der Waals surface area contributed by atoms with Gasteiger partial charge in [0.15, 0.2) is 0 Å². The van der Waals surface area contributed by atoms with Crippen LogP contribution in [0, 0.1) is 11.8 Å². The van der Waals surface area contributed by atoms with Crippen LogP contribution in [0.25, 0.3) is 0 Å². The SMILES string of the molecule is CCCCCCCCCCCCCCCCCC(=O)NCC#CCN1CCCC1. The summed E-state index contributed by atoms with van der Waals surface area (Å²) in [7, 11) is 0. The van der Waals surface area contributed by atoms with E-state index in [9.17, 15) is 4.79 Å². The molecule has 1 rings (SSSR count). The molecule has 0 saturated carbocycles. The standard InChI is InChI=1S/C26H48N2O/c1-2-3-4-5-6-7-8-9-10-11-12-13-14-15-16-21-26(29)27-22-17-18-23-28-24-19-20-25-28/h2-16,19-25H2,1H3,(H,27,29). The molecule has 3 nitrogen and oxygen atoms in total. The van der Waals surface area contributed by atoms with E-state index in [2.05, 4.69) is 29.0 Å². The van der Waals surface area contributed by atoms with Crippen LogP contribution in [0.5, 0.6) is 0 Å².